The molecule has 0 amide bonds. The van der Waals surface area contributed by atoms with Crippen LogP contribution in [0, 0.1) is 0 Å². The molecule has 0 radical (unpaired) electrons. The molecule has 0 bridgehead atoms. The Hall–Kier alpha value is -0.880. The summed E-state index contributed by atoms with van der Waals surface area (Å²) in [5.41, 5.74) is 1.06. The Morgan fingerprint density at radius 1 is 1.60 bits per heavy atom. The standard InChI is InChI=1S/C13H13Cl2NO3S/c1-16-10(20)4-9(18)8-3-6-2-7(5-17)19-13(6)12(15)11(8)14/h3-4,7,16-17,20H,2,5H2,1H3. The Morgan fingerprint density at radius 2 is 2.30 bits per heavy atom. The third-order valence-corrected chi connectivity index (χ3v) is 4.17. The summed E-state index contributed by atoms with van der Waals surface area (Å²) in [6.07, 6.45) is 1.47. The van der Waals surface area contributed by atoms with Crippen LogP contribution < -0.4 is 10.1 Å². The minimum atomic E-state index is -0.350. The zero-order valence-electron chi connectivity index (χ0n) is 10.6. The van der Waals surface area contributed by atoms with E-state index < -0.39 is 0 Å². The lowest BCUT2D eigenvalue weighted by molar-refractivity contribution is 0.104. The second-order valence-corrected chi connectivity index (χ2v) is 5.55. The predicted octanol–water partition coefficient (Wildman–Crippen LogP) is 2.46. The van der Waals surface area contributed by atoms with Gasteiger partial charge in [0.05, 0.1) is 16.7 Å². The van der Waals surface area contributed by atoms with Gasteiger partial charge in [-0.25, -0.2) is 0 Å². The van der Waals surface area contributed by atoms with E-state index in [4.69, 9.17) is 33.0 Å². The number of aliphatic hydroxyl groups excluding tert-OH is 1. The summed E-state index contributed by atoms with van der Waals surface area (Å²) < 4.78 is 5.48. The van der Waals surface area contributed by atoms with Gasteiger partial charge >= 0.3 is 0 Å². The van der Waals surface area contributed by atoms with Crippen LogP contribution in [0.5, 0.6) is 5.75 Å². The maximum absolute atomic E-state index is 12.1. The van der Waals surface area contributed by atoms with Crippen LogP contribution in [-0.2, 0) is 6.42 Å². The van der Waals surface area contributed by atoms with Crippen molar-refractivity contribution in [3.63, 3.8) is 0 Å². The van der Waals surface area contributed by atoms with Gasteiger partial charge in [-0.1, -0.05) is 23.2 Å². The third-order valence-electron chi connectivity index (χ3n) is 2.96. The highest BCUT2D eigenvalue weighted by atomic mass is 35.5. The van der Waals surface area contributed by atoms with Crippen molar-refractivity contribution < 1.29 is 14.6 Å². The second-order valence-electron chi connectivity index (χ2n) is 4.31. The molecule has 0 saturated carbocycles. The van der Waals surface area contributed by atoms with Crippen LogP contribution in [0.15, 0.2) is 17.2 Å². The summed E-state index contributed by atoms with van der Waals surface area (Å²) >= 11 is 16.3. The Kier molecular flexibility index (Phi) is 4.86. The van der Waals surface area contributed by atoms with Gasteiger partial charge in [0.1, 0.15) is 16.9 Å². The molecule has 0 spiro atoms. The minimum Gasteiger partial charge on any atom is -0.486 e. The van der Waals surface area contributed by atoms with E-state index >= 15 is 0 Å². The van der Waals surface area contributed by atoms with Crippen LogP contribution in [0.25, 0.3) is 0 Å². The minimum absolute atomic E-state index is 0.119. The summed E-state index contributed by atoms with van der Waals surface area (Å²) in [4.78, 5) is 12.1. The number of hydrogen-bond donors (Lipinski definition) is 3. The van der Waals surface area contributed by atoms with Crippen molar-refractivity contribution in [2.24, 2.45) is 0 Å². The molecule has 0 aromatic heterocycles. The van der Waals surface area contributed by atoms with Crippen LogP contribution in [0.2, 0.25) is 10.0 Å². The fraction of sp³-hybridized carbons (Fsp3) is 0.308. The van der Waals surface area contributed by atoms with Crippen molar-refractivity contribution >= 4 is 41.6 Å². The first-order valence-corrected chi connectivity index (χ1v) is 7.09. The molecule has 0 saturated heterocycles. The smallest absolute Gasteiger partial charge is 0.189 e. The number of nitrogens with one attached hydrogen (secondary N) is 1. The van der Waals surface area contributed by atoms with E-state index in [0.29, 0.717) is 22.8 Å². The van der Waals surface area contributed by atoms with Crippen molar-refractivity contribution in [1.29, 1.82) is 0 Å². The molecule has 20 heavy (non-hydrogen) atoms. The summed E-state index contributed by atoms with van der Waals surface area (Å²) in [5.74, 6) is 0.141. The largest absolute Gasteiger partial charge is 0.486 e. The number of rotatable bonds is 4. The molecule has 0 fully saturated rings. The molecule has 1 heterocycles. The van der Waals surface area contributed by atoms with Crippen LogP contribution >= 0.6 is 35.8 Å². The highest BCUT2D eigenvalue weighted by Crippen LogP contribution is 2.42. The van der Waals surface area contributed by atoms with Crippen LogP contribution in [-0.4, -0.2) is 30.6 Å². The molecule has 1 aliphatic heterocycles. The lowest BCUT2D eigenvalue weighted by Crippen LogP contribution is -2.17. The Balaban J connectivity index is 2.43. The molecule has 1 aromatic rings. The van der Waals surface area contributed by atoms with Crippen molar-refractivity contribution in [1.82, 2.24) is 5.32 Å². The number of fused-ring (bicyclic) bond motifs is 1. The van der Waals surface area contributed by atoms with Crippen molar-refractivity contribution in [2.75, 3.05) is 13.7 Å². The van der Waals surface area contributed by atoms with Crippen molar-refractivity contribution in [3.05, 3.63) is 38.3 Å². The number of ketones is 1. The van der Waals surface area contributed by atoms with Gasteiger partial charge in [-0.15, -0.1) is 12.6 Å². The first-order valence-electron chi connectivity index (χ1n) is 5.89. The summed E-state index contributed by atoms with van der Waals surface area (Å²) in [5, 5.41) is 12.6. The fourth-order valence-electron chi connectivity index (χ4n) is 1.95. The number of carbonyl (C=O) groups is 1. The number of ether oxygens (including phenoxy) is 1. The molecular weight excluding hydrogens is 321 g/mol. The molecule has 4 nitrogen and oxygen atoms in total. The molecule has 0 aliphatic carbocycles. The molecule has 7 heteroatoms. The Labute approximate surface area is 132 Å². The maximum atomic E-state index is 12.1. The molecule has 1 unspecified atom stereocenters. The van der Waals surface area contributed by atoms with E-state index in [2.05, 4.69) is 17.9 Å². The molecule has 1 aliphatic rings. The Bertz CT molecular complexity index is 589. The molecular formula is C13H13Cl2NO3S. The van der Waals surface area contributed by atoms with E-state index in [9.17, 15) is 4.79 Å². The van der Waals surface area contributed by atoms with Gasteiger partial charge in [0.2, 0.25) is 0 Å². The maximum Gasteiger partial charge on any atom is 0.189 e. The quantitative estimate of drug-likeness (QED) is 0.450. The fourth-order valence-corrected chi connectivity index (χ4v) is 2.57. The topological polar surface area (TPSA) is 58.6 Å². The van der Waals surface area contributed by atoms with Crippen LogP contribution in [0.4, 0.5) is 0 Å². The summed E-state index contributed by atoms with van der Waals surface area (Å²) in [6.45, 7) is -0.119. The average Bonchev–Trinajstić information content (AvgIpc) is 2.85. The number of carbonyl (C=O) groups excluding carboxylic acids is 1. The van der Waals surface area contributed by atoms with Gasteiger partial charge in [0.25, 0.3) is 0 Å². The van der Waals surface area contributed by atoms with Gasteiger partial charge in [0.15, 0.2) is 5.78 Å². The van der Waals surface area contributed by atoms with Gasteiger partial charge in [-0.05, 0) is 6.07 Å². The van der Waals surface area contributed by atoms with E-state index in [0.717, 1.165) is 5.56 Å². The number of thiol groups is 1. The lowest BCUT2D eigenvalue weighted by Gasteiger charge is -2.09. The lowest BCUT2D eigenvalue weighted by atomic mass is 10.0. The van der Waals surface area contributed by atoms with Gasteiger partial charge in [0, 0.05) is 30.7 Å². The van der Waals surface area contributed by atoms with Gasteiger partial charge in [-0.2, -0.15) is 0 Å². The van der Waals surface area contributed by atoms with Gasteiger partial charge < -0.3 is 15.2 Å². The summed E-state index contributed by atoms with van der Waals surface area (Å²) in [6, 6.07) is 1.65. The number of hydrogen-bond acceptors (Lipinski definition) is 5. The van der Waals surface area contributed by atoms with E-state index in [1.165, 1.54) is 6.08 Å². The second kappa shape index (κ2) is 6.26. The number of benzene rings is 1. The highest BCUT2D eigenvalue weighted by molar-refractivity contribution is 7.84. The average molecular weight is 334 g/mol. The van der Waals surface area contributed by atoms with E-state index in [1.54, 1.807) is 13.1 Å². The zero-order valence-corrected chi connectivity index (χ0v) is 13.0. The first-order chi connectivity index (χ1) is 9.47. The Morgan fingerprint density at radius 3 is 2.90 bits per heavy atom. The number of aliphatic hydroxyl groups is 1. The number of allylic oxidation sites excluding steroid dienone is 1. The monoisotopic (exact) mass is 333 g/mol. The summed E-state index contributed by atoms with van der Waals surface area (Å²) in [7, 11) is 1.66. The van der Waals surface area contributed by atoms with Crippen molar-refractivity contribution in [2.45, 2.75) is 12.5 Å². The molecule has 2 rings (SSSR count). The van der Waals surface area contributed by atoms with E-state index in [-0.39, 0.29) is 28.5 Å². The number of halogens is 2. The van der Waals surface area contributed by atoms with Crippen molar-refractivity contribution in [3.8, 4) is 5.75 Å². The molecule has 2 N–H and O–H groups in total. The molecule has 108 valence electrons. The predicted molar refractivity (Wildman–Crippen MR) is 82.1 cm³/mol. The van der Waals surface area contributed by atoms with Gasteiger partial charge in [-0.3, -0.25) is 4.79 Å². The first kappa shape index (κ1) is 15.5. The third kappa shape index (κ3) is 2.91. The molecule has 1 atom stereocenters. The van der Waals surface area contributed by atoms with E-state index in [1.807, 2.05) is 0 Å². The normalized spacial score (nSPS) is 17.6. The SMILES string of the molecule is CNC(S)=CC(=O)c1cc2c(c(Cl)c1Cl)OC(CO)C2. The van der Waals surface area contributed by atoms with Crippen LogP contribution in [0.3, 0.4) is 0 Å². The zero-order chi connectivity index (χ0) is 14.9. The highest BCUT2D eigenvalue weighted by Gasteiger charge is 2.28. The van der Waals surface area contributed by atoms with Crippen LogP contribution in [0.1, 0.15) is 15.9 Å². The molecule has 1 aromatic carbocycles.